The van der Waals surface area contributed by atoms with E-state index in [1.165, 1.54) is 0 Å². The van der Waals surface area contributed by atoms with Gasteiger partial charge in [0, 0.05) is 0 Å². The lowest BCUT2D eigenvalue weighted by Gasteiger charge is -2.24. The molecule has 0 spiro atoms. The first-order valence-corrected chi connectivity index (χ1v) is 21.3. The van der Waals surface area contributed by atoms with Gasteiger partial charge in [0.05, 0.1) is 13.2 Å². The van der Waals surface area contributed by atoms with E-state index in [9.17, 15) is 61.1 Å². The Bertz CT molecular complexity index is 1630. The molecule has 308 valence electrons. The lowest BCUT2D eigenvalue weighted by molar-refractivity contribution is -0.183. The first-order valence-electron chi connectivity index (χ1n) is 12.2. The Balaban J connectivity index is 6.41. The van der Waals surface area contributed by atoms with Crippen LogP contribution in [0.4, 0.5) is 0 Å². The maximum absolute atomic E-state index is 12.8. The molecule has 6 unspecified atom stereocenters. The third kappa shape index (κ3) is 24.8. The molecule has 0 rings (SSSR count). The second-order valence-electron chi connectivity index (χ2n) is 8.54. The fourth-order valence-electron chi connectivity index (χ4n) is 2.37. The van der Waals surface area contributed by atoms with Crippen molar-refractivity contribution in [2.24, 2.45) is 0 Å². The number of esters is 2. The van der Waals surface area contributed by atoms with E-state index in [4.69, 9.17) is 44.3 Å². The number of carbonyl (C=O) groups is 5. The summed E-state index contributed by atoms with van der Waals surface area (Å²) < 4.78 is 109. The van der Waals surface area contributed by atoms with Gasteiger partial charge in [-0.1, -0.05) is 0 Å². The number of rotatable bonds is 26. The summed E-state index contributed by atoms with van der Waals surface area (Å²) in [6.45, 7) is -4.35. The van der Waals surface area contributed by atoms with Gasteiger partial charge >= 0.3 is 70.8 Å². The Hall–Kier alpha value is -2.17. The Kier molecular flexibility index (Phi) is 19.8. The van der Waals surface area contributed by atoms with Crippen LogP contribution in [0.15, 0.2) is 12.3 Å². The number of aliphatic carboxylic acids is 1. The van der Waals surface area contributed by atoms with Crippen LogP contribution in [0.3, 0.4) is 0 Å². The average Bonchev–Trinajstić information content (AvgIpc) is 2.94. The van der Waals surface area contributed by atoms with E-state index in [1.54, 1.807) is 0 Å². The summed E-state index contributed by atoms with van der Waals surface area (Å²) in [5.74, 6) is -10.5. The molecule has 0 aliphatic carbocycles. The molecule has 0 amide bonds. The van der Waals surface area contributed by atoms with Crippen molar-refractivity contribution in [2.45, 2.75) is 24.4 Å². The maximum Gasteiger partial charge on any atom is 0.530 e. The molecule has 0 aliphatic heterocycles. The van der Waals surface area contributed by atoms with E-state index in [1.807, 2.05) is 0 Å². The number of hydrogen-bond acceptors (Lipinski definition) is 21. The van der Waals surface area contributed by atoms with Gasteiger partial charge in [-0.2, -0.15) is 0 Å². The highest BCUT2D eigenvalue weighted by atomic mass is 31.2. The standard InChI is InChI=1S/C15H26O32P6/c1-7(12(17)18)44-52(34,35)41-6-11(46-51(31,32)33)14(20)42-9(4-39-49(25,26)27)13(19)43-10(5-40-50(28,29)30)15(21)47-53(36,37)45-8(2-16)3-38-48(22,23)24/h2,8-11H,1,3-6H2,(H,17,18)(H,34,35)(H,36,37)(H2,22,23,24)(H2,25,26,27)(H2,28,29,30)(H2,31,32,33). The summed E-state index contributed by atoms with van der Waals surface area (Å²) in [5.41, 5.74) is 0. The van der Waals surface area contributed by atoms with E-state index in [0.29, 0.717) is 0 Å². The van der Waals surface area contributed by atoms with Crippen LogP contribution in [-0.4, -0.2) is 135 Å². The van der Waals surface area contributed by atoms with Gasteiger partial charge in [-0.25, -0.2) is 46.6 Å². The summed E-state index contributed by atoms with van der Waals surface area (Å²) in [6.07, 6.45) is -11.8. The van der Waals surface area contributed by atoms with Crippen LogP contribution >= 0.6 is 46.9 Å². The molecule has 0 aliphatic rings. The molecule has 6 atom stereocenters. The first kappa shape index (κ1) is 50.8. The Morgan fingerprint density at radius 1 is 0.528 bits per heavy atom. The molecule has 32 nitrogen and oxygen atoms in total. The number of carboxylic acid groups (broad SMARTS) is 1. The van der Waals surface area contributed by atoms with Crippen molar-refractivity contribution in [3.05, 3.63) is 12.3 Å². The number of hydrogen-bond donors (Lipinski definition) is 11. The van der Waals surface area contributed by atoms with Crippen LogP contribution in [0.1, 0.15) is 0 Å². The number of aldehydes is 1. The monoisotopic (exact) mass is 904 g/mol. The smallest absolute Gasteiger partial charge is 0.475 e. The van der Waals surface area contributed by atoms with Gasteiger partial charge in [0.15, 0.2) is 12.4 Å². The van der Waals surface area contributed by atoms with E-state index >= 15 is 0 Å². The lowest BCUT2D eigenvalue weighted by atomic mass is 10.3. The minimum absolute atomic E-state index is 0.408. The van der Waals surface area contributed by atoms with Crippen molar-refractivity contribution < 1.29 is 151 Å². The largest absolute Gasteiger partial charge is 0.530 e. The van der Waals surface area contributed by atoms with Gasteiger partial charge in [0.1, 0.15) is 19.3 Å². The molecule has 0 radical (unpaired) electrons. The second kappa shape index (κ2) is 20.7. The van der Waals surface area contributed by atoms with Crippen molar-refractivity contribution in [2.75, 3.05) is 26.4 Å². The fraction of sp³-hybridized carbons (Fsp3) is 0.533. The van der Waals surface area contributed by atoms with E-state index in [-0.39, 0.29) is 0 Å². The molecular formula is C15H26O32P6. The van der Waals surface area contributed by atoms with Crippen molar-refractivity contribution >= 4 is 77.1 Å². The zero-order chi connectivity index (χ0) is 41.8. The maximum atomic E-state index is 12.8. The Morgan fingerprint density at radius 3 is 1.32 bits per heavy atom. The van der Waals surface area contributed by atoms with Crippen LogP contribution in [0, 0.1) is 0 Å². The topological polar surface area (TPSA) is 503 Å². The number of carboxylic acids is 1. The summed E-state index contributed by atoms with van der Waals surface area (Å²) in [5, 5.41) is 8.66. The minimum Gasteiger partial charge on any atom is -0.475 e. The third-order valence-corrected chi connectivity index (χ3v) is 8.10. The van der Waals surface area contributed by atoms with Crippen LogP contribution in [0.25, 0.3) is 0 Å². The predicted molar refractivity (Wildman–Crippen MR) is 151 cm³/mol. The molecule has 38 heteroatoms. The average molecular weight is 904 g/mol. The normalized spacial score (nSPS) is 17.1. The molecular weight excluding hydrogens is 878 g/mol. The van der Waals surface area contributed by atoms with Gasteiger partial charge in [-0.05, 0) is 6.58 Å². The minimum atomic E-state index is -5.98. The zero-order valence-corrected chi connectivity index (χ0v) is 30.5. The molecule has 0 fully saturated rings. The highest BCUT2D eigenvalue weighted by Crippen LogP contribution is 2.48. The van der Waals surface area contributed by atoms with Gasteiger partial charge in [-0.15, -0.1) is 0 Å². The van der Waals surface area contributed by atoms with Crippen molar-refractivity contribution in [3.63, 3.8) is 0 Å². The molecule has 11 N–H and O–H groups in total. The van der Waals surface area contributed by atoms with Crippen molar-refractivity contribution in [1.29, 1.82) is 0 Å². The predicted octanol–water partition coefficient (Wildman–Crippen LogP) is -3.42. The first-order chi connectivity index (χ1) is 23.6. The van der Waals surface area contributed by atoms with Gasteiger partial charge in [0.2, 0.25) is 18.0 Å². The highest BCUT2D eigenvalue weighted by Gasteiger charge is 2.41. The van der Waals surface area contributed by atoms with Crippen molar-refractivity contribution in [3.8, 4) is 0 Å². The van der Waals surface area contributed by atoms with Gasteiger partial charge in [0.25, 0.3) is 0 Å². The van der Waals surface area contributed by atoms with E-state index < -0.39 is 134 Å². The van der Waals surface area contributed by atoms with E-state index in [0.717, 1.165) is 0 Å². The second-order valence-corrected chi connectivity index (χ2v) is 16.2. The number of phosphoric acid groups is 6. The third-order valence-electron chi connectivity index (χ3n) is 4.24. The van der Waals surface area contributed by atoms with Crippen LogP contribution in [0.5, 0.6) is 0 Å². The molecule has 53 heavy (non-hydrogen) atoms. The van der Waals surface area contributed by atoms with Crippen LogP contribution < -0.4 is 0 Å². The van der Waals surface area contributed by atoms with E-state index in [2.05, 4.69) is 52.2 Å². The molecule has 0 aromatic heterocycles. The molecule has 0 aromatic rings. The molecule has 0 saturated carbocycles. The lowest BCUT2D eigenvalue weighted by Crippen LogP contribution is -2.42. The summed E-state index contributed by atoms with van der Waals surface area (Å²) in [7, 11) is -34.1. The summed E-state index contributed by atoms with van der Waals surface area (Å²) in [6, 6.07) is 0. The van der Waals surface area contributed by atoms with Crippen LogP contribution in [0.2, 0.25) is 0 Å². The van der Waals surface area contributed by atoms with Crippen LogP contribution in [-0.2, 0) is 97.0 Å². The SMILES string of the molecule is C=C(OP(=O)(O)OCC(OP(=O)(O)O)C(=O)OC(COP(=O)(O)O)C(=O)OC(COP(=O)(O)O)C(=O)OP(=O)(O)OC(C=O)COP(=O)(O)O)C(=O)O. The summed E-state index contributed by atoms with van der Waals surface area (Å²) in [4.78, 5) is 150. The van der Waals surface area contributed by atoms with Crippen molar-refractivity contribution in [1.82, 2.24) is 0 Å². The molecule has 0 aromatic carbocycles. The van der Waals surface area contributed by atoms with Gasteiger partial charge in [-0.3, -0.25) is 36.9 Å². The zero-order valence-electron chi connectivity index (χ0n) is 25.1. The highest BCUT2D eigenvalue weighted by molar-refractivity contribution is 7.48. The number of carbonyl (C=O) groups excluding carboxylic acids is 4. The Morgan fingerprint density at radius 2 is 0.925 bits per heavy atom. The number of ether oxygens (including phenoxy) is 2. The molecule has 0 bridgehead atoms. The molecule has 0 saturated heterocycles. The Labute approximate surface area is 291 Å². The summed E-state index contributed by atoms with van der Waals surface area (Å²) >= 11 is 0. The quantitative estimate of drug-likeness (QED) is 0.0132. The van der Waals surface area contributed by atoms with Gasteiger partial charge < -0.3 is 67.6 Å². The molecule has 0 heterocycles. The number of phosphoric ester groups is 6. The fourth-order valence-corrected chi connectivity index (χ4v) is 5.42.